The van der Waals surface area contributed by atoms with E-state index in [0.717, 1.165) is 24.5 Å². The quantitative estimate of drug-likeness (QED) is 0.823. The second kappa shape index (κ2) is 6.73. The molecule has 0 aliphatic heterocycles. The summed E-state index contributed by atoms with van der Waals surface area (Å²) in [5, 5.41) is 8.45. The van der Waals surface area contributed by atoms with Gasteiger partial charge < -0.3 is 5.32 Å². The highest BCUT2D eigenvalue weighted by Crippen LogP contribution is 2.18. The second-order valence-corrected chi connectivity index (χ2v) is 5.37. The van der Waals surface area contributed by atoms with E-state index in [1.165, 1.54) is 11.1 Å². The fourth-order valence-electron chi connectivity index (χ4n) is 2.08. The zero-order valence-corrected chi connectivity index (χ0v) is 12.2. The van der Waals surface area contributed by atoms with Crippen molar-refractivity contribution in [1.29, 1.82) is 0 Å². The molecular weight excluding hydrogens is 258 g/mol. The van der Waals surface area contributed by atoms with Crippen LogP contribution in [0, 0.1) is 0 Å². The Labute approximate surface area is 119 Å². The summed E-state index contributed by atoms with van der Waals surface area (Å²) in [5.41, 5.74) is 2.55. The lowest BCUT2D eigenvalue weighted by Crippen LogP contribution is -2.22. The van der Waals surface area contributed by atoms with E-state index in [0.29, 0.717) is 5.92 Å². The molecule has 1 aromatic carbocycles. The van der Waals surface area contributed by atoms with Gasteiger partial charge in [0.05, 0.1) is 6.20 Å². The number of hydrogen-bond donors (Lipinski definition) is 1. The van der Waals surface area contributed by atoms with E-state index in [9.17, 15) is 0 Å². The maximum Gasteiger partial charge on any atom is 0.0522 e. The monoisotopic (exact) mass is 277 g/mol. The smallest absolute Gasteiger partial charge is 0.0522 e. The van der Waals surface area contributed by atoms with Gasteiger partial charge in [0.1, 0.15) is 0 Å². The van der Waals surface area contributed by atoms with Crippen LogP contribution in [0.5, 0.6) is 0 Å². The van der Waals surface area contributed by atoms with Crippen molar-refractivity contribution in [3.05, 3.63) is 52.8 Å². The van der Waals surface area contributed by atoms with Crippen LogP contribution in [0.4, 0.5) is 0 Å². The summed E-state index contributed by atoms with van der Waals surface area (Å²) in [7, 11) is 1.94. The number of aryl methyl sites for hydroxylation is 1. The third-order valence-corrected chi connectivity index (χ3v) is 3.45. The first-order valence-corrected chi connectivity index (χ1v) is 6.96. The summed E-state index contributed by atoms with van der Waals surface area (Å²) in [4.78, 5) is 0. The van der Waals surface area contributed by atoms with Gasteiger partial charge in [-0.1, -0.05) is 30.7 Å². The molecule has 3 nitrogen and oxygen atoms in total. The maximum absolute atomic E-state index is 6.00. The summed E-state index contributed by atoms with van der Waals surface area (Å²) in [5.74, 6) is 0.465. The molecule has 0 aliphatic carbocycles. The molecule has 0 amide bonds. The Morgan fingerprint density at radius 2 is 2.26 bits per heavy atom. The highest BCUT2D eigenvalue weighted by Gasteiger charge is 2.05. The minimum absolute atomic E-state index is 0.465. The van der Waals surface area contributed by atoms with Crippen LogP contribution < -0.4 is 5.32 Å². The minimum atomic E-state index is 0.465. The van der Waals surface area contributed by atoms with E-state index in [2.05, 4.69) is 29.6 Å². The Morgan fingerprint density at radius 1 is 1.42 bits per heavy atom. The molecule has 0 radical (unpaired) electrons. The zero-order valence-electron chi connectivity index (χ0n) is 11.4. The van der Waals surface area contributed by atoms with E-state index >= 15 is 0 Å². The summed E-state index contributed by atoms with van der Waals surface area (Å²) >= 11 is 6.00. The average Bonchev–Trinajstić information content (AvgIpc) is 2.80. The summed E-state index contributed by atoms with van der Waals surface area (Å²) in [6, 6.07) is 8.08. The van der Waals surface area contributed by atoms with Crippen LogP contribution in [0.3, 0.4) is 0 Å². The lowest BCUT2D eigenvalue weighted by atomic mass is 10.0. The second-order valence-electron chi connectivity index (χ2n) is 4.93. The van der Waals surface area contributed by atoms with Gasteiger partial charge in [0.2, 0.25) is 0 Å². The molecule has 1 atom stereocenters. The van der Waals surface area contributed by atoms with Gasteiger partial charge in [-0.25, -0.2) is 0 Å². The average molecular weight is 278 g/mol. The van der Waals surface area contributed by atoms with Gasteiger partial charge in [0.25, 0.3) is 0 Å². The number of hydrogen-bond acceptors (Lipinski definition) is 2. The van der Waals surface area contributed by atoms with Gasteiger partial charge in [0.15, 0.2) is 0 Å². The third-order valence-electron chi connectivity index (χ3n) is 3.22. The third kappa shape index (κ3) is 4.37. The first kappa shape index (κ1) is 14.1. The molecule has 0 bridgehead atoms. The van der Waals surface area contributed by atoms with Crippen LogP contribution in [-0.4, -0.2) is 22.9 Å². The Kier molecular flexibility index (Phi) is 5.00. The van der Waals surface area contributed by atoms with Crippen molar-refractivity contribution < 1.29 is 0 Å². The highest BCUT2D eigenvalue weighted by molar-refractivity contribution is 6.30. The maximum atomic E-state index is 6.00. The minimum Gasteiger partial charge on any atom is -0.316 e. The molecule has 0 aliphatic rings. The van der Waals surface area contributed by atoms with Crippen LogP contribution >= 0.6 is 11.6 Å². The molecule has 0 spiro atoms. The molecule has 1 N–H and O–H groups in total. The molecular formula is C15H20ClN3. The Hall–Kier alpha value is -1.32. The van der Waals surface area contributed by atoms with Crippen LogP contribution in [0.15, 0.2) is 36.7 Å². The topological polar surface area (TPSA) is 29.9 Å². The molecule has 0 saturated heterocycles. The van der Waals surface area contributed by atoms with Crippen LogP contribution in [0.2, 0.25) is 5.02 Å². The molecule has 4 heteroatoms. The molecule has 1 heterocycles. The van der Waals surface area contributed by atoms with Crippen molar-refractivity contribution in [3.63, 3.8) is 0 Å². The van der Waals surface area contributed by atoms with Crippen molar-refractivity contribution in [1.82, 2.24) is 15.1 Å². The normalized spacial score (nSPS) is 12.6. The van der Waals surface area contributed by atoms with Crippen molar-refractivity contribution >= 4 is 11.6 Å². The molecule has 19 heavy (non-hydrogen) atoms. The number of aromatic nitrogens is 2. The summed E-state index contributed by atoms with van der Waals surface area (Å²) in [6.07, 6.45) is 4.99. The molecule has 0 unspecified atom stereocenters. The Morgan fingerprint density at radius 3 is 2.95 bits per heavy atom. The first-order valence-electron chi connectivity index (χ1n) is 6.59. The predicted molar refractivity (Wildman–Crippen MR) is 79.6 cm³/mol. The largest absolute Gasteiger partial charge is 0.316 e. The Balaban J connectivity index is 1.73. The lowest BCUT2D eigenvalue weighted by Gasteiger charge is -2.13. The highest BCUT2D eigenvalue weighted by atomic mass is 35.5. The Bertz CT molecular complexity index is 522. The van der Waals surface area contributed by atoms with Gasteiger partial charge in [-0.15, -0.1) is 0 Å². The van der Waals surface area contributed by atoms with Crippen molar-refractivity contribution in [3.8, 4) is 0 Å². The predicted octanol–water partition coefficient (Wildman–Crippen LogP) is 3.01. The summed E-state index contributed by atoms with van der Waals surface area (Å²) in [6.45, 7) is 4.14. The molecule has 2 rings (SSSR count). The molecule has 0 saturated carbocycles. The summed E-state index contributed by atoms with van der Waals surface area (Å²) < 4.78 is 1.84. The fraction of sp³-hybridized carbons (Fsp3) is 0.400. The fourth-order valence-corrected chi connectivity index (χ4v) is 2.28. The standard InChI is InChI=1S/C15H20ClN3/c1-12(14-4-3-5-15(16)8-14)9-17-7-6-13-10-18-19(2)11-13/h3-5,8,10-12,17H,6-7,9H2,1-2H3/t12-/m0/s1. The zero-order chi connectivity index (χ0) is 13.7. The van der Waals surface area contributed by atoms with E-state index in [1.54, 1.807) is 0 Å². The van der Waals surface area contributed by atoms with Gasteiger partial charge in [0, 0.05) is 24.8 Å². The van der Waals surface area contributed by atoms with E-state index in [-0.39, 0.29) is 0 Å². The van der Waals surface area contributed by atoms with Gasteiger partial charge in [-0.05, 0) is 42.1 Å². The van der Waals surface area contributed by atoms with Crippen LogP contribution in [0.1, 0.15) is 24.0 Å². The molecule has 1 aromatic heterocycles. The molecule has 2 aromatic rings. The molecule has 0 fully saturated rings. The van der Waals surface area contributed by atoms with Crippen molar-refractivity contribution in [2.24, 2.45) is 7.05 Å². The number of rotatable bonds is 6. The lowest BCUT2D eigenvalue weighted by molar-refractivity contribution is 0.615. The number of nitrogens with one attached hydrogen (secondary N) is 1. The van der Waals surface area contributed by atoms with E-state index in [4.69, 9.17) is 11.6 Å². The van der Waals surface area contributed by atoms with E-state index in [1.807, 2.05) is 36.1 Å². The molecule has 102 valence electrons. The van der Waals surface area contributed by atoms with Crippen molar-refractivity contribution in [2.45, 2.75) is 19.3 Å². The van der Waals surface area contributed by atoms with Gasteiger partial charge in [-0.3, -0.25) is 4.68 Å². The van der Waals surface area contributed by atoms with Crippen LogP contribution in [-0.2, 0) is 13.5 Å². The first-order chi connectivity index (χ1) is 9.15. The van der Waals surface area contributed by atoms with Gasteiger partial charge in [-0.2, -0.15) is 5.10 Å². The number of halogens is 1. The van der Waals surface area contributed by atoms with Crippen molar-refractivity contribution in [2.75, 3.05) is 13.1 Å². The SMILES string of the molecule is C[C@@H](CNCCc1cnn(C)c1)c1cccc(Cl)c1. The number of nitrogens with zero attached hydrogens (tertiary/aromatic N) is 2. The van der Waals surface area contributed by atoms with Gasteiger partial charge >= 0.3 is 0 Å². The number of benzene rings is 1. The van der Waals surface area contributed by atoms with Crippen LogP contribution in [0.25, 0.3) is 0 Å². The van der Waals surface area contributed by atoms with E-state index < -0.39 is 0 Å².